The number of rotatable bonds is 4. The van der Waals surface area contributed by atoms with Crippen molar-refractivity contribution < 1.29 is 0 Å². The summed E-state index contributed by atoms with van der Waals surface area (Å²) in [4.78, 5) is 6.55. The van der Waals surface area contributed by atoms with Crippen LogP contribution in [-0.2, 0) is 0 Å². The maximum absolute atomic E-state index is 5.93. The lowest BCUT2D eigenvalue weighted by Crippen LogP contribution is -2.27. The van der Waals surface area contributed by atoms with Gasteiger partial charge in [0.05, 0.1) is 11.2 Å². The molecule has 0 amide bonds. The number of fused-ring (bicyclic) bond motifs is 1. The molecule has 0 spiro atoms. The van der Waals surface area contributed by atoms with Gasteiger partial charge in [-0.3, -0.25) is 4.98 Å². The molecule has 0 fully saturated rings. The average Bonchev–Trinajstić information content (AvgIpc) is 2.37. The summed E-state index contributed by atoms with van der Waals surface area (Å²) in [7, 11) is 4.03. The van der Waals surface area contributed by atoms with E-state index in [1.165, 1.54) is 0 Å². The summed E-state index contributed by atoms with van der Waals surface area (Å²) in [5, 5.41) is 4.25. The number of benzene rings is 1. The van der Waals surface area contributed by atoms with E-state index in [1.807, 2.05) is 19.2 Å². The van der Waals surface area contributed by atoms with Gasteiger partial charge in [-0.1, -0.05) is 0 Å². The zero-order chi connectivity index (χ0) is 12.3. The van der Waals surface area contributed by atoms with Crippen LogP contribution < -0.4 is 16.0 Å². The molecule has 4 nitrogen and oxygen atoms in total. The Balaban J connectivity index is 2.44. The van der Waals surface area contributed by atoms with Gasteiger partial charge in [-0.05, 0) is 31.3 Å². The van der Waals surface area contributed by atoms with Gasteiger partial charge in [0.1, 0.15) is 0 Å². The SMILES string of the molecule is CNCCN(C)c1ccc(N)c2ncccc12. The van der Waals surface area contributed by atoms with E-state index >= 15 is 0 Å². The second-order valence-electron chi connectivity index (χ2n) is 4.10. The van der Waals surface area contributed by atoms with Gasteiger partial charge in [-0.25, -0.2) is 0 Å². The van der Waals surface area contributed by atoms with E-state index in [4.69, 9.17) is 5.73 Å². The predicted molar refractivity (Wildman–Crippen MR) is 73.4 cm³/mol. The molecule has 90 valence electrons. The first-order chi connectivity index (χ1) is 8.24. The molecule has 0 aliphatic heterocycles. The van der Waals surface area contributed by atoms with Crippen molar-refractivity contribution in [1.29, 1.82) is 0 Å². The highest BCUT2D eigenvalue weighted by molar-refractivity contribution is 5.98. The number of anilines is 2. The lowest BCUT2D eigenvalue weighted by Gasteiger charge is -2.21. The standard InChI is InChI=1S/C13H18N4/c1-15-8-9-17(2)12-6-5-11(14)13-10(12)4-3-7-16-13/h3-7,15H,8-9,14H2,1-2H3. The Morgan fingerprint density at radius 3 is 2.94 bits per heavy atom. The fourth-order valence-electron chi connectivity index (χ4n) is 1.91. The van der Waals surface area contributed by atoms with Crippen LogP contribution in [0.2, 0.25) is 0 Å². The summed E-state index contributed by atoms with van der Waals surface area (Å²) in [6.07, 6.45) is 1.77. The third-order valence-corrected chi connectivity index (χ3v) is 2.89. The molecule has 0 bridgehead atoms. The zero-order valence-electron chi connectivity index (χ0n) is 10.3. The predicted octanol–water partition coefficient (Wildman–Crippen LogP) is 1.47. The average molecular weight is 230 g/mol. The van der Waals surface area contributed by atoms with Crippen molar-refractivity contribution in [3.05, 3.63) is 30.5 Å². The Kier molecular flexibility index (Phi) is 3.44. The zero-order valence-corrected chi connectivity index (χ0v) is 10.3. The first kappa shape index (κ1) is 11.7. The maximum atomic E-state index is 5.93. The first-order valence-corrected chi connectivity index (χ1v) is 5.73. The minimum atomic E-state index is 0.728. The minimum Gasteiger partial charge on any atom is -0.397 e. The molecule has 0 radical (unpaired) electrons. The molecule has 2 aromatic rings. The van der Waals surface area contributed by atoms with Crippen LogP contribution in [0.25, 0.3) is 10.9 Å². The van der Waals surface area contributed by atoms with Crippen molar-refractivity contribution in [2.24, 2.45) is 0 Å². The quantitative estimate of drug-likeness (QED) is 0.781. The third kappa shape index (κ3) is 2.31. The topological polar surface area (TPSA) is 54.2 Å². The third-order valence-electron chi connectivity index (χ3n) is 2.89. The molecule has 0 atom stereocenters. The molecule has 3 N–H and O–H groups in total. The maximum Gasteiger partial charge on any atom is 0.0951 e. The second kappa shape index (κ2) is 5.01. The number of nitrogens with two attached hydrogens (primary N) is 1. The van der Waals surface area contributed by atoms with E-state index in [9.17, 15) is 0 Å². The van der Waals surface area contributed by atoms with Gasteiger partial charge in [-0.2, -0.15) is 0 Å². The number of hydrogen-bond donors (Lipinski definition) is 2. The van der Waals surface area contributed by atoms with Gasteiger partial charge in [0.15, 0.2) is 0 Å². The van der Waals surface area contributed by atoms with Crippen molar-refractivity contribution in [2.75, 3.05) is 37.8 Å². The lowest BCUT2D eigenvalue weighted by atomic mass is 10.1. The largest absolute Gasteiger partial charge is 0.397 e. The van der Waals surface area contributed by atoms with Gasteiger partial charge >= 0.3 is 0 Å². The highest BCUT2D eigenvalue weighted by Gasteiger charge is 2.08. The number of hydrogen-bond acceptors (Lipinski definition) is 4. The molecule has 0 saturated carbocycles. The number of likely N-dealkylation sites (N-methyl/N-ethyl adjacent to an activating group) is 2. The van der Waals surface area contributed by atoms with Crippen LogP contribution in [0.4, 0.5) is 11.4 Å². The fourth-order valence-corrected chi connectivity index (χ4v) is 1.91. The Labute approximate surface area is 101 Å². The molecule has 0 saturated heterocycles. The first-order valence-electron chi connectivity index (χ1n) is 5.73. The monoisotopic (exact) mass is 230 g/mol. The summed E-state index contributed by atoms with van der Waals surface area (Å²) in [6, 6.07) is 7.97. The summed E-state index contributed by atoms with van der Waals surface area (Å²) in [6.45, 7) is 1.90. The second-order valence-corrected chi connectivity index (χ2v) is 4.10. The molecule has 17 heavy (non-hydrogen) atoms. The molecule has 1 aromatic heterocycles. The molecule has 1 heterocycles. The van der Waals surface area contributed by atoms with Crippen LogP contribution in [0.15, 0.2) is 30.5 Å². The minimum absolute atomic E-state index is 0.728. The van der Waals surface area contributed by atoms with E-state index in [-0.39, 0.29) is 0 Å². The summed E-state index contributed by atoms with van der Waals surface area (Å²) in [5.41, 5.74) is 8.70. The number of nitrogen functional groups attached to an aromatic ring is 1. The van der Waals surface area contributed by atoms with Crippen molar-refractivity contribution in [3.63, 3.8) is 0 Å². The van der Waals surface area contributed by atoms with Gasteiger partial charge in [-0.15, -0.1) is 0 Å². The van der Waals surface area contributed by atoms with Gasteiger partial charge < -0.3 is 16.0 Å². The molecular weight excluding hydrogens is 212 g/mol. The Bertz CT molecular complexity index is 510. The number of nitrogens with zero attached hydrogens (tertiary/aromatic N) is 2. The summed E-state index contributed by atoms with van der Waals surface area (Å²) in [5.74, 6) is 0. The molecule has 2 rings (SSSR count). The van der Waals surface area contributed by atoms with Crippen LogP contribution in [0.3, 0.4) is 0 Å². The Morgan fingerprint density at radius 1 is 1.35 bits per heavy atom. The Morgan fingerprint density at radius 2 is 2.18 bits per heavy atom. The van der Waals surface area contributed by atoms with E-state index in [1.54, 1.807) is 6.20 Å². The van der Waals surface area contributed by atoms with Gasteiger partial charge in [0.25, 0.3) is 0 Å². The lowest BCUT2D eigenvalue weighted by molar-refractivity contribution is 0.769. The molecular formula is C13H18N4. The normalized spacial score (nSPS) is 10.7. The van der Waals surface area contributed by atoms with Crippen LogP contribution in [0.1, 0.15) is 0 Å². The number of aromatic nitrogens is 1. The van der Waals surface area contributed by atoms with E-state index in [0.29, 0.717) is 0 Å². The van der Waals surface area contributed by atoms with Crippen LogP contribution in [0, 0.1) is 0 Å². The van der Waals surface area contributed by atoms with Gasteiger partial charge in [0, 0.05) is 37.4 Å². The molecule has 1 aromatic carbocycles. The smallest absolute Gasteiger partial charge is 0.0951 e. The van der Waals surface area contributed by atoms with Crippen LogP contribution in [-0.4, -0.2) is 32.2 Å². The highest BCUT2D eigenvalue weighted by Crippen LogP contribution is 2.28. The number of pyridine rings is 1. The fraction of sp³-hybridized carbons (Fsp3) is 0.308. The number of nitrogens with one attached hydrogen (secondary N) is 1. The van der Waals surface area contributed by atoms with Crippen molar-refractivity contribution in [1.82, 2.24) is 10.3 Å². The Hall–Kier alpha value is -1.81. The molecule has 0 aliphatic carbocycles. The molecule has 0 aliphatic rings. The summed E-state index contributed by atoms with van der Waals surface area (Å²) < 4.78 is 0. The molecule has 0 unspecified atom stereocenters. The summed E-state index contributed by atoms with van der Waals surface area (Å²) >= 11 is 0. The highest BCUT2D eigenvalue weighted by atomic mass is 15.1. The van der Waals surface area contributed by atoms with Crippen molar-refractivity contribution in [2.45, 2.75) is 0 Å². The van der Waals surface area contributed by atoms with E-state index in [0.717, 1.165) is 35.4 Å². The van der Waals surface area contributed by atoms with Crippen molar-refractivity contribution >= 4 is 22.3 Å². The van der Waals surface area contributed by atoms with Crippen molar-refractivity contribution in [3.8, 4) is 0 Å². The van der Waals surface area contributed by atoms with Gasteiger partial charge in [0.2, 0.25) is 0 Å². The van der Waals surface area contributed by atoms with Crippen LogP contribution in [0.5, 0.6) is 0 Å². The van der Waals surface area contributed by atoms with Crippen LogP contribution >= 0.6 is 0 Å². The van der Waals surface area contributed by atoms with E-state index in [2.05, 4.69) is 34.4 Å². The van der Waals surface area contributed by atoms with E-state index < -0.39 is 0 Å². The molecule has 4 heteroatoms.